The molecule has 0 saturated carbocycles. The number of anilines is 1. The number of hydrogen-bond donors (Lipinski definition) is 1. The van der Waals surface area contributed by atoms with Gasteiger partial charge in [-0.1, -0.05) is 17.7 Å². The van der Waals surface area contributed by atoms with Crippen LogP contribution in [0.15, 0.2) is 35.9 Å². The fraction of sp³-hybridized carbons (Fsp3) is 0.227. The minimum atomic E-state index is -0.565. The fourth-order valence-electron chi connectivity index (χ4n) is 2.54. The van der Waals surface area contributed by atoms with E-state index >= 15 is 0 Å². The highest BCUT2D eigenvalue weighted by atomic mass is 127. The molecular formula is C22H20ClIN2O5. The van der Waals surface area contributed by atoms with Gasteiger partial charge in [0.1, 0.15) is 11.6 Å². The average molecular weight is 555 g/mol. The van der Waals surface area contributed by atoms with Crippen LogP contribution < -0.4 is 14.8 Å². The number of rotatable bonds is 8. The van der Waals surface area contributed by atoms with E-state index in [0.717, 1.165) is 0 Å². The van der Waals surface area contributed by atoms with Crippen molar-refractivity contribution in [3.05, 3.63) is 55.6 Å². The predicted octanol–water partition coefficient (Wildman–Crippen LogP) is 4.75. The molecule has 2 aromatic rings. The first kappa shape index (κ1) is 24.5. The number of halogens is 2. The van der Waals surface area contributed by atoms with Crippen molar-refractivity contribution in [2.75, 3.05) is 25.6 Å². The summed E-state index contributed by atoms with van der Waals surface area (Å²) in [6.07, 6.45) is 1.44. The van der Waals surface area contributed by atoms with Gasteiger partial charge in [-0.25, -0.2) is 4.79 Å². The van der Waals surface area contributed by atoms with Crippen LogP contribution in [-0.2, 0) is 14.3 Å². The van der Waals surface area contributed by atoms with E-state index in [1.807, 2.05) is 28.7 Å². The topological polar surface area (TPSA) is 97.7 Å². The summed E-state index contributed by atoms with van der Waals surface area (Å²) in [5.74, 6) is -0.342. The predicted molar refractivity (Wildman–Crippen MR) is 126 cm³/mol. The van der Waals surface area contributed by atoms with Crippen LogP contribution in [0.5, 0.6) is 11.5 Å². The van der Waals surface area contributed by atoms with Gasteiger partial charge >= 0.3 is 5.97 Å². The van der Waals surface area contributed by atoms with Crippen molar-refractivity contribution in [3.8, 4) is 17.6 Å². The van der Waals surface area contributed by atoms with Gasteiger partial charge < -0.3 is 19.5 Å². The number of amides is 1. The molecule has 0 saturated heterocycles. The summed E-state index contributed by atoms with van der Waals surface area (Å²) in [4.78, 5) is 24.2. The maximum atomic E-state index is 12.6. The van der Waals surface area contributed by atoms with Crippen LogP contribution in [0.25, 0.3) is 6.08 Å². The maximum Gasteiger partial charge on any atom is 0.344 e. The second-order valence-corrected chi connectivity index (χ2v) is 7.73. The van der Waals surface area contributed by atoms with Gasteiger partial charge in [-0.3, -0.25) is 4.79 Å². The lowest BCUT2D eigenvalue weighted by Gasteiger charge is -2.13. The Morgan fingerprint density at radius 1 is 1.32 bits per heavy atom. The smallest absolute Gasteiger partial charge is 0.344 e. The zero-order valence-corrected chi connectivity index (χ0v) is 20.0. The van der Waals surface area contributed by atoms with E-state index in [4.69, 9.17) is 25.8 Å². The van der Waals surface area contributed by atoms with Gasteiger partial charge in [0.15, 0.2) is 18.1 Å². The standard InChI is InChI=1S/C22H20ClIN2O5/c1-4-30-20(27)12-31-21-17(24)9-14(10-19(21)29-3)8-15(11-25)22(28)26-18-7-5-6-16(23)13(18)2/h5-10H,4,12H2,1-3H3,(H,26,28)/b15-8-. The molecule has 2 aromatic carbocycles. The first-order valence-corrected chi connectivity index (χ1v) is 10.6. The zero-order valence-electron chi connectivity index (χ0n) is 17.1. The highest BCUT2D eigenvalue weighted by Gasteiger charge is 2.16. The van der Waals surface area contributed by atoms with E-state index in [1.54, 1.807) is 44.2 Å². The minimum absolute atomic E-state index is 0.0996. The average Bonchev–Trinajstić information content (AvgIpc) is 2.74. The van der Waals surface area contributed by atoms with Crippen LogP contribution in [0, 0.1) is 21.8 Å². The van der Waals surface area contributed by atoms with Crippen LogP contribution in [0.2, 0.25) is 5.02 Å². The normalized spacial score (nSPS) is 10.8. The molecule has 162 valence electrons. The molecule has 0 atom stereocenters. The van der Waals surface area contributed by atoms with Crippen molar-refractivity contribution in [1.29, 1.82) is 5.26 Å². The summed E-state index contributed by atoms with van der Waals surface area (Å²) in [7, 11) is 1.45. The quantitative estimate of drug-likeness (QED) is 0.219. The third-order valence-corrected chi connectivity index (χ3v) is 5.29. The van der Waals surface area contributed by atoms with Crippen LogP contribution in [0.4, 0.5) is 5.69 Å². The van der Waals surface area contributed by atoms with Crippen molar-refractivity contribution < 1.29 is 23.8 Å². The fourth-order valence-corrected chi connectivity index (χ4v) is 3.50. The Bertz CT molecular complexity index is 1060. The highest BCUT2D eigenvalue weighted by Crippen LogP contribution is 2.34. The largest absolute Gasteiger partial charge is 0.493 e. The van der Waals surface area contributed by atoms with Gasteiger partial charge in [0, 0.05) is 10.7 Å². The van der Waals surface area contributed by atoms with Gasteiger partial charge in [-0.2, -0.15) is 5.26 Å². The molecule has 0 radical (unpaired) electrons. The molecule has 7 nitrogen and oxygen atoms in total. The third-order valence-electron chi connectivity index (χ3n) is 4.08. The molecule has 9 heteroatoms. The lowest BCUT2D eigenvalue weighted by molar-refractivity contribution is -0.145. The summed E-state index contributed by atoms with van der Waals surface area (Å²) in [5, 5.41) is 12.7. The molecule has 2 rings (SSSR count). The Hall–Kier alpha value is -2.77. The Balaban J connectivity index is 2.28. The Morgan fingerprint density at radius 2 is 2.06 bits per heavy atom. The van der Waals surface area contributed by atoms with E-state index in [2.05, 4.69) is 5.32 Å². The molecule has 0 spiro atoms. The maximum absolute atomic E-state index is 12.6. The van der Waals surface area contributed by atoms with Gasteiger partial charge in [-0.15, -0.1) is 0 Å². The molecule has 0 bridgehead atoms. The van der Waals surface area contributed by atoms with E-state index in [0.29, 0.717) is 36.9 Å². The molecule has 0 aliphatic heterocycles. The number of methoxy groups -OCH3 is 1. The van der Waals surface area contributed by atoms with E-state index in [9.17, 15) is 14.9 Å². The van der Waals surface area contributed by atoms with Crippen LogP contribution in [0.1, 0.15) is 18.1 Å². The number of nitrogens with one attached hydrogen (secondary N) is 1. The molecule has 0 aromatic heterocycles. The third kappa shape index (κ3) is 6.60. The number of esters is 1. The van der Waals surface area contributed by atoms with Crippen molar-refractivity contribution in [2.45, 2.75) is 13.8 Å². The number of carbonyl (C=O) groups excluding carboxylic acids is 2. The van der Waals surface area contributed by atoms with Crippen LogP contribution >= 0.6 is 34.2 Å². The van der Waals surface area contributed by atoms with Crippen molar-refractivity contribution in [2.24, 2.45) is 0 Å². The molecule has 0 aliphatic rings. The second-order valence-electron chi connectivity index (χ2n) is 6.16. The summed E-state index contributed by atoms with van der Waals surface area (Å²) in [6.45, 7) is 3.48. The molecular weight excluding hydrogens is 535 g/mol. The molecule has 31 heavy (non-hydrogen) atoms. The monoisotopic (exact) mass is 554 g/mol. The number of benzene rings is 2. The first-order valence-electron chi connectivity index (χ1n) is 9.14. The minimum Gasteiger partial charge on any atom is -0.493 e. The first-order chi connectivity index (χ1) is 14.8. The van der Waals surface area contributed by atoms with E-state index < -0.39 is 11.9 Å². The molecule has 0 heterocycles. The van der Waals surface area contributed by atoms with Crippen molar-refractivity contribution in [1.82, 2.24) is 0 Å². The van der Waals surface area contributed by atoms with E-state index in [1.165, 1.54) is 13.2 Å². The second kappa shape index (κ2) is 11.6. The number of nitriles is 1. The summed E-state index contributed by atoms with van der Waals surface area (Å²) in [5.41, 5.74) is 1.68. The number of ether oxygens (including phenoxy) is 3. The van der Waals surface area contributed by atoms with Gasteiger partial charge in [0.05, 0.1) is 17.3 Å². The summed E-state index contributed by atoms with van der Waals surface area (Å²) >= 11 is 8.10. The molecule has 0 unspecified atom stereocenters. The number of nitrogens with zero attached hydrogens (tertiary/aromatic N) is 1. The number of carbonyl (C=O) groups is 2. The van der Waals surface area contributed by atoms with Gasteiger partial charge in [-0.05, 0) is 77.9 Å². The molecule has 1 amide bonds. The molecule has 0 fully saturated rings. The lowest BCUT2D eigenvalue weighted by Crippen LogP contribution is -2.15. The SMILES string of the molecule is CCOC(=O)COc1c(I)cc(/C=C(/C#N)C(=O)Nc2cccc(Cl)c2C)cc1OC. The Morgan fingerprint density at radius 3 is 2.71 bits per heavy atom. The molecule has 0 aliphatic carbocycles. The van der Waals surface area contributed by atoms with E-state index in [-0.39, 0.29) is 18.8 Å². The Labute approximate surface area is 199 Å². The summed E-state index contributed by atoms with van der Waals surface area (Å²) in [6, 6.07) is 10.4. The zero-order chi connectivity index (χ0) is 23.0. The lowest BCUT2D eigenvalue weighted by atomic mass is 10.1. The Kier molecular flexibility index (Phi) is 9.15. The van der Waals surface area contributed by atoms with Crippen molar-refractivity contribution >= 4 is 57.8 Å². The highest BCUT2D eigenvalue weighted by molar-refractivity contribution is 14.1. The number of hydrogen-bond acceptors (Lipinski definition) is 6. The van der Waals surface area contributed by atoms with Crippen molar-refractivity contribution in [3.63, 3.8) is 0 Å². The van der Waals surface area contributed by atoms with Gasteiger partial charge in [0.2, 0.25) is 0 Å². The summed E-state index contributed by atoms with van der Waals surface area (Å²) < 4.78 is 16.4. The van der Waals surface area contributed by atoms with Crippen LogP contribution in [-0.4, -0.2) is 32.2 Å². The van der Waals surface area contributed by atoms with Gasteiger partial charge in [0.25, 0.3) is 5.91 Å². The van der Waals surface area contributed by atoms with Crippen LogP contribution in [0.3, 0.4) is 0 Å². The molecule has 1 N–H and O–H groups in total.